The molecule has 0 fully saturated rings. The zero-order valence-electron chi connectivity index (χ0n) is 10.3. The number of hydrogen-bond acceptors (Lipinski definition) is 3. The Morgan fingerprint density at radius 2 is 2.00 bits per heavy atom. The molecular formula is C13H14ClNO2S2. The predicted octanol–water partition coefficient (Wildman–Crippen LogP) is 3.58. The van der Waals surface area contributed by atoms with Crippen molar-refractivity contribution in [3.8, 4) is 0 Å². The van der Waals surface area contributed by atoms with Crippen LogP contribution in [-0.4, -0.2) is 8.42 Å². The number of hydrogen-bond donors (Lipinski definition) is 1. The maximum atomic E-state index is 12.1. The van der Waals surface area contributed by atoms with Gasteiger partial charge in [-0.05, 0) is 30.0 Å². The van der Waals surface area contributed by atoms with E-state index in [9.17, 15) is 8.42 Å². The Balaban J connectivity index is 2.09. The van der Waals surface area contributed by atoms with Gasteiger partial charge in [-0.3, -0.25) is 0 Å². The van der Waals surface area contributed by atoms with Crippen LogP contribution < -0.4 is 4.72 Å². The third-order valence-electron chi connectivity index (χ3n) is 2.63. The lowest BCUT2D eigenvalue weighted by Crippen LogP contribution is -2.27. The van der Waals surface area contributed by atoms with E-state index in [1.54, 1.807) is 24.3 Å². The minimum atomic E-state index is -3.41. The zero-order valence-corrected chi connectivity index (χ0v) is 12.7. The molecule has 1 aromatic heterocycles. The number of sulfonamides is 1. The second-order valence-electron chi connectivity index (χ2n) is 4.21. The van der Waals surface area contributed by atoms with Crippen molar-refractivity contribution in [2.75, 3.05) is 0 Å². The van der Waals surface area contributed by atoms with Crippen molar-refractivity contribution in [1.82, 2.24) is 4.72 Å². The first-order valence-corrected chi connectivity index (χ1v) is 8.66. The Kier molecular flexibility index (Phi) is 4.62. The maximum Gasteiger partial charge on any atom is 0.216 e. The summed E-state index contributed by atoms with van der Waals surface area (Å²) in [5, 5.41) is 2.39. The van der Waals surface area contributed by atoms with E-state index >= 15 is 0 Å². The van der Waals surface area contributed by atoms with E-state index in [2.05, 4.69) is 4.72 Å². The van der Waals surface area contributed by atoms with Crippen LogP contribution in [0.15, 0.2) is 41.8 Å². The van der Waals surface area contributed by atoms with E-state index in [1.165, 1.54) is 11.3 Å². The third kappa shape index (κ3) is 4.04. The van der Waals surface area contributed by atoms with Crippen molar-refractivity contribution in [2.24, 2.45) is 0 Å². The van der Waals surface area contributed by atoms with Crippen molar-refractivity contribution >= 4 is 33.0 Å². The summed E-state index contributed by atoms with van der Waals surface area (Å²) in [7, 11) is -3.41. The topological polar surface area (TPSA) is 46.2 Å². The molecule has 6 heteroatoms. The Labute approximate surface area is 122 Å². The van der Waals surface area contributed by atoms with Gasteiger partial charge in [0.25, 0.3) is 0 Å². The SMILES string of the molecule is CC(NS(=O)(=O)Cc1ccccc1Cl)c1cccs1. The zero-order chi connectivity index (χ0) is 13.9. The Morgan fingerprint density at radius 3 is 2.63 bits per heavy atom. The van der Waals surface area contributed by atoms with Gasteiger partial charge in [0.05, 0.1) is 11.8 Å². The molecular weight excluding hydrogens is 302 g/mol. The number of thiophene rings is 1. The molecule has 0 spiro atoms. The normalized spacial score (nSPS) is 13.4. The van der Waals surface area contributed by atoms with E-state index in [0.717, 1.165) is 4.88 Å². The Hall–Kier alpha value is -0.880. The summed E-state index contributed by atoms with van der Waals surface area (Å²) in [6, 6.07) is 10.5. The first-order valence-electron chi connectivity index (χ1n) is 5.75. The smallest absolute Gasteiger partial charge is 0.212 e. The van der Waals surface area contributed by atoms with Gasteiger partial charge in [0.15, 0.2) is 0 Å². The molecule has 0 saturated carbocycles. The molecule has 2 rings (SSSR count). The molecule has 0 saturated heterocycles. The van der Waals surface area contributed by atoms with Gasteiger partial charge in [0.1, 0.15) is 0 Å². The molecule has 1 N–H and O–H groups in total. The quantitative estimate of drug-likeness (QED) is 0.916. The molecule has 0 aliphatic heterocycles. The van der Waals surface area contributed by atoms with Crippen LogP contribution in [0, 0.1) is 0 Å². The van der Waals surface area contributed by atoms with Crippen LogP contribution in [0.25, 0.3) is 0 Å². The van der Waals surface area contributed by atoms with Gasteiger partial charge < -0.3 is 0 Å². The molecule has 0 radical (unpaired) electrons. The number of nitrogens with one attached hydrogen (secondary N) is 1. The molecule has 0 bridgehead atoms. The van der Waals surface area contributed by atoms with Gasteiger partial charge in [-0.25, -0.2) is 13.1 Å². The van der Waals surface area contributed by atoms with Crippen molar-refractivity contribution in [3.63, 3.8) is 0 Å². The first-order chi connectivity index (χ1) is 8.98. The lowest BCUT2D eigenvalue weighted by Gasteiger charge is -2.13. The van der Waals surface area contributed by atoms with Gasteiger partial charge in [0, 0.05) is 9.90 Å². The average Bonchev–Trinajstić information content (AvgIpc) is 2.85. The first kappa shape index (κ1) is 14.5. The van der Waals surface area contributed by atoms with E-state index in [0.29, 0.717) is 10.6 Å². The largest absolute Gasteiger partial charge is 0.216 e. The van der Waals surface area contributed by atoms with Crippen molar-refractivity contribution in [2.45, 2.75) is 18.7 Å². The third-order valence-corrected chi connectivity index (χ3v) is 5.46. The molecule has 102 valence electrons. The predicted molar refractivity (Wildman–Crippen MR) is 79.9 cm³/mol. The van der Waals surface area contributed by atoms with Crippen LogP contribution >= 0.6 is 22.9 Å². The fourth-order valence-electron chi connectivity index (χ4n) is 1.73. The molecule has 0 amide bonds. The highest BCUT2D eigenvalue weighted by Crippen LogP contribution is 2.21. The van der Waals surface area contributed by atoms with Crippen LogP contribution in [0.5, 0.6) is 0 Å². The molecule has 1 aromatic carbocycles. The summed E-state index contributed by atoms with van der Waals surface area (Å²) in [4.78, 5) is 0.989. The highest BCUT2D eigenvalue weighted by Gasteiger charge is 2.18. The van der Waals surface area contributed by atoms with Crippen LogP contribution in [-0.2, 0) is 15.8 Å². The minimum Gasteiger partial charge on any atom is -0.212 e. The second-order valence-corrected chi connectivity index (χ2v) is 7.35. The maximum absolute atomic E-state index is 12.1. The second kappa shape index (κ2) is 6.05. The van der Waals surface area contributed by atoms with Crippen LogP contribution in [0.3, 0.4) is 0 Å². The molecule has 3 nitrogen and oxygen atoms in total. The molecule has 0 aliphatic carbocycles. The number of rotatable bonds is 5. The van der Waals surface area contributed by atoms with Gasteiger partial charge in [-0.2, -0.15) is 0 Å². The molecule has 19 heavy (non-hydrogen) atoms. The molecule has 0 aliphatic rings. The fraction of sp³-hybridized carbons (Fsp3) is 0.231. The highest BCUT2D eigenvalue weighted by molar-refractivity contribution is 7.88. The highest BCUT2D eigenvalue weighted by atomic mass is 35.5. The molecule has 1 heterocycles. The number of halogens is 1. The minimum absolute atomic E-state index is 0.109. The summed E-state index contributed by atoms with van der Waals surface area (Å²) in [5.41, 5.74) is 0.607. The molecule has 1 atom stereocenters. The van der Waals surface area contributed by atoms with Crippen LogP contribution in [0.2, 0.25) is 5.02 Å². The van der Waals surface area contributed by atoms with Gasteiger partial charge >= 0.3 is 0 Å². The van der Waals surface area contributed by atoms with Crippen molar-refractivity contribution < 1.29 is 8.42 Å². The monoisotopic (exact) mass is 315 g/mol. The number of benzene rings is 1. The standard InChI is InChI=1S/C13H14ClNO2S2/c1-10(13-7-4-8-18-13)15-19(16,17)9-11-5-2-3-6-12(11)14/h2-8,10,15H,9H2,1H3. The van der Waals surface area contributed by atoms with Crippen molar-refractivity contribution in [1.29, 1.82) is 0 Å². The molecule has 2 aromatic rings. The summed E-state index contributed by atoms with van der Waals surface area (Å²) in [6.07, 6.45) is 0. The fourth-order valence-corrected chi connectivity index (χ4v) is 4.23. The summed E-state index contributed by atoms with van der Waals surface area (Å²) in [5.74, 6) is -0.109. The van der Waals surface area contributed by atoms with Gasteiger partial charge in [-0.15, -0.1) is 11.3 Å². The lowest BCUT2D eigenvalue weighted by atomic mass is 10.2. The van der Waals surface area contributed by atoms with E-state index in [1.807, 2.05) is 24.4 Å². The summed E-state index contributed by atoms with van der Waals surface area (Å²) < 4.78 is 26.8. The summed E-state index contributed by atoms with van der Waals surface area (Å²) >= 11 is 7.50. The van der Waals surface area contributed by atoms with E-state index in [-0.39, 0.29) is 11.8 Å². The van der Waals surface area contributed by atoms with Gasteiger partial charge in [0.2, 0.25) is 10.0 Å². The van der Waals surface area contributed by atoms with E-state index in [4.69, 9.17) is 11.6 Å². The Bertz CT molecular complexity index is 638. The average molecular weight is 316 g/mol. The van der Waals surface area contributed by atoms with Crippen LogP contribution in [0.1, 0.15) is 23.4 Å². The van der Waals surface area contributed by atoms with E-state index < -0.39 is 10.0 Å². The molecule has 1 unspecified atom stereocenters. The van der Waals surface area contributed by atoms with Gasteiger partial charge in [-0.1, -0.05) is 35.9 Å². The van der Waals surface area contributed by atoms with Crippen molar-refractivity contribution in [3.05, 3.63) is 57.2 Å². The Morgan fingerprint density at radius 1 is 1.26 bits per heavy atom. The van der Waals surface area contributed by atoms with Crippen LogP contribution in [0.4, 0.5) is 0 Å². The summed E-state index contributed by atoms with van der Waals surface area (Å²) in [6.45, 7) is 1.83. The lowest BCUT2D eigenvalue weighted by molar-refractivity contribution is 0.567.